The number of nitrogens with one attached hydrogen (secondary N) is 1. The first-order valence-electron chi connectivity index (χ1n) is 10.5. The molecule has 1 aliphatic heterocycles. The Morgan fingerprint density at radius 2 is 1.77 bits per heavy atom. The van der Waals surface area contributed by atoms with Crippen molar-refractivity contribution in [2.45, 2.75) is 31.0 Å². The van der Waals surface area contributed by atoms with Gasteiger partial charge in [0.2, 0.25) is 5.91 Å². The van der Waals surface area contributed by atoms with Crippen LogP contribution in [0.2, 0.25) is 5.02 Å². The molecular weight excluding hydrogens is 430 g/mol. The van der Waals surface area contributed by atoms with E-state index >= 15 is 0 Å². The standard InChI is InChI=1S/C23H26ClN5OS/c24-19-10-8-18(9-11-19)12-13-25-22(30)17-31-23-27-26-21(16-28-14-4-5-15-28)29(23)20-6-2-1-3-7-20/h1-3,6-11H,4-5,12-17H2,(H,25,30). The Bertz CT molecular complexity index is 987. The summed E-state index contributed by atoms with van der Waals surface area (Å²) in [5.74, 6) is 1.20. The molecule has 1 aliphatic rings. The van der Waals surface area contributed by atoms with Crippen molar-refractivity contribution in [3.05, 3.63) is 71.0 Å². The van der Waals surface area contributed by atoms with E-state index in [4.69, 9.17) is 11.6 Å². The number of benzene rings is 2. The fraction of sp³-hybridized carbons (Fsp3) is 0.348. The highest BCUT2D eigenvalue weighted by molar-refractivity contribution is 7.99. The van der Waals surface area contributed by atoms with Crippen LogP contribution in [0.5, 0.6) is 0 Å². The number of rotatable bonds is 9. The highest BCUT2D eigenvalue weighted by atomic mass is 35.5. The lowest BCUT2D eigenvalue weighted by Crippen LogP contribution is -2.27. The zero-order valence-electron chi connectivity index (χ0n) is 17.3. The zero-order chi connectivity index (χ0) is 21.5. The highest BCUT2D eigenvalue weighted by Gasteiger charge is 2.20. The van der Waals surface area contributed by atoms with Crippen LogP contribution in [0.25, 0.3) is 5.69 Å². The maximum atomic E-state index is 12.4. The average molecular weight is 456 g/mol. The minimum atomic E-state index is -0.0114. The molecule has 1 aromatic heterocycles. The van der Waals surface area contributed by atoms with E-state index in [1.165, 1.54) is 24.6 Å². The minimum Gasteiger partial charge on any atom is -0.355 e. The minimum absolute atomic E-state index is 0.0114. The van der Waals surface area contributed by atoms with Crippen molar-refractivity contribution in [3.8, 4) is 5.69 Å². The molecule has 2 aromatic carbocycles. The second kappa shape index (κ2) is 10.8. The topological polar surface area (TPSA) is 63.1 Å². The third-order valence-electron chi connectivity index (χ3n) is 5.26. The summed E-state index contributed by atoms with van der Waals surface area (Å²) in [5.41, 5.74) is 2.17. The van der Waals surface area contributed by atoms with E-state index in [0.717, 1.165) is 53.3 Å². The Morgan fingerprint density at radius 1 is 1.03 bits per heavy atom. The number of likely N-dealkylation sites (tertiary alicyclic amines) is 1. The summed E-state index contributed by atoms with van der Waals surface area (Å²) in [5, 5.41) is 13.3. The maximum Gasteiger partial charge on any atom is 0.230 e. The van der Waals surface area contributed by atoms with Crippen LogP contribution in [-0.4, -0.2) is 51.0 Å². The van der Waals surface area contributed by atoms with Gasteiger partial charge in [-0.1, -0.05) is 53.7 Å². The predicted molar refractivity (Wildman–Crippen MR) is 125 cm³/mol. The fourth-order valence-corrected chi connectivity index (χ4v) is 4.58. The number of hydrogen-bond acceptors (Lipinski definition) is 5. The molecule has 1 saturated heterocycles. The van der Waals surface area contributed by atoms with Crippen molar-refractivity contribution < 1.29 is 4.79 Å². The summed E-state index contributed by atoms with van der Waals surface area (Å²) in [6, 6.07) is 17.8. The van der Waals surface area contributed by atoms with Crippen molar-refractivity contribution in [3.63, 3.8) is 0 Å². The van der Waals surface area contributed by atoms with Crippen molar-refractivity contribution in [1.82, 2.24) is 25.0 Å². The quantitative estimate of drug-likeness (QED) is 0.495. The fourth-order valence-electron chi connectivity index (χ4n) is 3.65. The number of nitrogens with zero attached hydrogens (tertiary/aromatic N) is 4. The molecule has 2 heterocycles. The van der Waals surface area contributed by atoms with Crippen LogP contribution in [0.1, 0.15) is 24.2 Å². The normalized spacial score (nSPS) is 14.1. The third-order valence-corrected chi connectivity index (χ3v) is 6.44. The van der Waals surface area contributed by atoms with Crippen LogP contribution in [0.3, 0.4) is 0 Å². The van der Waals surface area contributed by atoms with Crippen molar-refractivity contribution in [1.29, 1.82) is 0 Å². The highest BCUT2D eigenvalue weighted by Crippen LogP contribution is 2.23. The maximum absolute atomic E-state index is 12.4. The van der Waals surface area contributed by atoms with Crippen LogP contribution >= 0.6 is 23.4 Å². The van der Waals surface area contributed by atoms with E-state index in [0.29, 0.717) is 12.3 Å². The molecule has 162 valence electrons. The van der Waals surface area contributed by atoms with Gasteiger partial charge in [0.25, 0.3) is 0 Å². The smallest absolute Gasteiger partial charge is 0.230 e. The van der Waals surface area contributed by atoms with E-state index in [9.17, 15) is 4.79 Å². The molecule has 1 amide bonds. The van der Waals surface area contributed by atoms with Crippen LogP contribution in [0.15, 0.2) is 59.8 Å². The number of carbonyl (C=O) groups excluding carboxylic acids is 1. The van der Waals surface area contributed by atoms with Gasteiger partial charge in [-0.2, -0.15) is 0 Å². The van der Waals surface area contributed by atoms with Gasteiger partial charge in [0.15, 0.2) is 11.0 Å². The summed E-state index contributed by atoms with van der Waals surface area (Å²) >= 11 is 7.33. The van der Waals surface area contributed by atoms with E-state index in [-0.39, 0.29) is 5.91 Å². The monoisotopic (exact) mass is 455 g/mol. The number of hydrogen-bond donors (Lipinski definition) is 1. The summed E-state index contributed by atoms with van der Waals surface area (Å²) in [4.78, 5) is 14.8. The number of thioether (sulfide) groups is 1. The van der Waals surface area contributed by atoms with Gasteiger partial charge in [0.1, 0.15) is 0 Å². The molecule has 0 spiro atoms. The van der Waals surface area contributed by atoms with Crippen molar-refractivity contribution in [2.75, 3.05) is 25.4 Å². The molecule has 0 atom stereocenters. The molecule has 1 N–H and O–H groups in total. The number of amides is 1. The van der Waals surface area contributed by atoms with Gasteiger partial charge in [0, 0.05) is 17.3 Å². The van der Waals surface area contributed by atoms with Crippen LogP contribution < -0.4 is 5.32 Å². The summed E-state index contributed by atoms with van der Waals surface area (Å²) in [6.07, 6.45) is 3.24. The summed E-state index contributed by atoms with van der Waals surface area (Å²) in [7, 11) is 0. The Kier molecular flexibility index (Phi) is 7.61. The van der Waals surface area contributed by atoms with Gasteiger partial charge in [0.05, 0.1) is 12.3 Å². The Labute approximate surface area is 192 Å². The SMILES string of the molecule is O=C(CSc1nnc(CN2CCCC2)n1-c1ccccc1)NCCc1ccc(Cl)cc1. The number of carbonyl (C=O) groups is 1. The molecule has 0 aliphatic carbocycles. The number of halogens is 1. The van der Waals surface area contributed by atoms with Gasteiger partial charge in [-0.05, 0) is 62.2 Å². The molecule has 6 nitrogen and oxygen atoms in total. The van der Waals surface area contributed by atoms with E-state index < -0.39 is 0 Å². The van der Waals surface area contributed by atoms with Crippen LogP contribution in [-0.2, 0) is 17.8 Å². The van der Waals surface area contributed by atoms with E-state index in [1.807, 2.05) is 54.6 Å². The van der Waals surface area contributed by atoms with E-state index in [2.05, 4.69) is 25.0 Å². The van der Waals surface area contributed by atoms with Gasteiger partial charge in [-0.15, -0.1) is 10.2 Å². The lowest BCUT2D eigenvalue weighted by molar-refractivity contribution is -0.118. The second-order valence-electron chi connectivity index (χ2n) is 7.57. The summed E-state index contributed by atoms with van der Waals surface area (Å²) in [6.45, 7) is 3.56. The van der Waals surface area contributed by atoms with E-state index in [1.54, 1.807) is 0 Å². The van der Waals surface area contributed by atoms with Gasteiger partial charge < -0.3 is 5.32 Å². The Morgan fingerprint density at radius 3 is 2.52 bits per heavy atom. The molecular formula is C23H26ClN5OS. The molecule has 0 saturated carbocycles. The van der Waals surface area contributed by atoms with Gasteiger partial charge in [-0.3, -0.25) is 14.3 Å². The molecule has 4 rings (SSSR count). The largest absolute Gasteiger partial charge is 0.355 e. The lowest BCUT2D eigenvalue weighted by Gasteiger charge is -2.16. The van der Waals surface area contributed by atoms with Crippen LogP contribution in [0, 0.1) is 0 Å². The molecule has 0 radical (unpaired) electrons. The summed E-state index contributed by atoms with van der Waals surface area (Å²) < 4.78 is 2.07. The third kappa shape index (κ3) is 6.09. The second-order valence-corrected chi connectivity index (χ2v) is 8.95. The first kappa shape index (κ1) is 21.9. The lowest BCUT2D eigenvalue weighted by atomic mass is 10.1. The predicted octanol–water partition coefficient (Wildman–Crippen LogP) is 3.97. The first-order chi connectivity index (χ1) is 15.2. The number of aromatic nitrogens is 3. The Hall–Kier alpha value is -2.35. The van der Waals surface area contributed by atoms with Gasteiger partial charge >= 0.3 is 0 Å². The van der Waals surface area contributed by atoms with Crippen molar-refractivity contribution in [2.24, 2.45) is 0 Å². The molecule has 8 heteroatoms. The zero-order valence-corrected chi connectivity index (χ0v) is 18.9. The molecule has 1 fully saturated rings. The molecule has 0 unspecified atom stereocenters. The number of para-hydroxylation sites is 1. The van der Waals surface area contributed by atoms with Crippen LogP contribution in [0.4, 0.5) is 0 Å². The first-order valence-corrected chi connectivity index (χ1v) is 11.9. The van der Waals surface area contributed by atoms with Gasteiger partial charge in [-0.25, -0.2) is 0 Å². The molecule has 3 aromatic rings. The molecule has 31 heavy (non-hydrogen) atoms. The Balaban J connectivity index is 1.36. The van der Waals surface area contributed by atoms with Crippen molar-refractivity contribution >= 4 is 29.3 Å². The molecule has 0 bridgehead atoms. The average Bonchev–Trinajstić information content (AvgIpc) is 3.44.